The van der Waals surface area contributed by atoms with Gasteiger partial charge in [-0.3, -0.25) is 4.99 Å². The summed E-state index contributed by atoms with van der Waals surface area (Å²) in [6, 6.07) is 0. The summed E-state index contributed by atoms with van der Waals surface area (Å²) in [4.78, 5) is 4.25. The Kier molecular flexibility index (Phi) is 5.10. The third kappa shape index (κ3) is 4.42. The fourth-order valence-electron chi connectivity index (χ4n) is 2.22. The highest BCUT2D eigenvalue weighted by molar-refractivity contribution is 5.79. The van der Waals surface area contributed by atoms with E-state index in [0.29, 0.717) is 11.3 Å². The summed E-state index contributed by atoms with van der Waals surface area (Å²) in [5, 5.41) is 6.80. The van der Waals surface area contributed by atoms with E-state index in [-0.39, 0.29) is 0 Å². The fraction of sp³-hybridized carbons (Fsp3) is 0.923. The highest BCUT2D eigenvalue weighted by Gasteiger charge is 2.28. The van der Waals surface area contributed by atoms with Crippen LogP contribution in [0.25, 0.3) is 0 Å². The molecule has 0 unspecified atom stereocenters. The van der Waals surface area contributed by atoms with Gasteiger partial charge in [-0.15, -0.1) is 0 Å². The van der Waals surface area contributed by atoms with Crippen LogP contribution in [0.15, 0.2) is 4.99 Å². The van der Waals surface area contributed by atoms with Crippen LogP contribution < -0.4 is 10.6 Å². The van der Waals surface area contributed by atoms with Crippen molar-refractivity contribution in [2.75, 3.05) is 20.1 Å². The molecule has 0 radical (unpaired) electrons. The zero-order valence-electron chi connectivity index (χ0n) is 11.3. The Hall–Kier alpha value is -0.730. The Morgan fingerprint density at radius 1 is 1.25 bits per heavy atom. The first-order valence-electron chi connectivity index (χ1n) is 6.50. The van der Waals surface area contributed by atoms with E-state index in [2.05, 4.69) is 36.4 Å². The lowest BCUT2D eigenvalue weighted by Gasteiger charge is -2.25. The second kappa shape index (κ2) is 6.12. The standard InChI is InChI=1S/C13H27N3/c1-11(2)9-15-12(14-4)16-10-13(3)7-5-6-8-13/h11H,5-10H2,1-4H3,(H2,14,15,16). The minimum Gasteiger partial charge on any atom is -0.356 e. The van der Waals surface area contributed by atoms with Gasteiger partial charge in [-0.25, -0.2) is 0 Å². The van der Waals surface area contributed by atoms with E-state index in [4.69, 9.17) is 0 Å². The third-order valence-corrected chi connectivity index (χ3v) is 3.39. The Bertz CT molecular complexity index is 227. The van der Waals surface area contributed by atoms with Crippen LogP contribution in [-0.2, 0) is 0 Å². The van der Waals surface area contributed by atoms with Gasteiger partial charge in [0, 0.05) is 20.1 Å². The Morgan fingerprint density at radius 2 is 1.88 bits per heavy atom. The van der Waals surface area contributed by atoms with Crippen LogP contribution in [0.2, 0.25) is 0 Å². The highest BCUT2D eigenvalue weighted by atomic mass is 15.2. The molecule has 0 amide bonds. The normalized spacial score (nSPS) is 20.2. The van der Waals surface area contributed by atoms with Gasteiger partial charge >= 0.3 is 0 Å². The molecule has 0 aliphatic heterocycles. The summed E-state index contributed by atoms with van der Waals surface area (Å²) in [6.45, 7) is 8.82. The van der Waals surface area contributed by atoms with Crippen molar-refractivity contribution in [3.05, 3.63) is 0 Å². The van der Waals surface area contributed by atoms with Crippen LogP contribution in [0.1, 0.15) is 46.5 Å². The quantitative estimate of drug-likeness (QED) is 0.569. The SMILES string of the molecule is CN=C(NCC(C)C)NCC1(C)CCCC1. The predicted molar refractivity (Wildman–Crippen MR) is 70.8 cm³/mol. The lowest BCUT2D eigenvalue weighted by Crippen LogP contribution is -2.43. The molecule has 0 bridgehead atoms. The molecule has 1 saturated carbocycles. The minimum atomic E-state index is 0.482. The molecule has 0 atom stereocenters. The van der Waals surface area contributed by atoms with Crippen molar-refractivity contribution in [2.24, 2.45) is 16.3 Å². The second-order valence-electron chi connectivity index (χ2n) is 5.72. The number of nitrogens with zero attached hydrogens (tertiary/aromatic N) is 1. The van der Waals surface area contributed by atoms with E-state index < -0.39 is 0 Å². The van der Waals surface area contributed by atoms with Crippen molar-refractivity contribution in [1.82, 2.24) is 10.6 Å². The molecule has 3 heteroatoms. The number of guanidine groups is 1. The molecule has 0 aromatic heterocycles. The molecule has 0 heterocycles. The summed E-state index contributed by atoms with van der Waals surface area (Å²) in [7, 11) is 1.84. The van der Waals surface area contributed by atoms with Gasteiger partial charge in [-0.2, -0.15) is 0 Å². The van der Waals surface area contributed by atoms with Crippen LogP contribution in [-0.4, -0.2) is 26.1 Å². The largest absolute Gasteiger partial charge is 0.356 e. The van der Waals surface area contributed by atoms with E-state index in [9.17, 15) is 0 Å². The van der Waals surface area contributed by atoms with Gasteiger partial charge in [0.05, 0.1) is 0 Å². The van der Waals surface area contributed by atoms with Gasteiger partial charge < -0.3 is 10.6 Å². The molecular weight excluding hydrogens is 198 g/mol. The summed E-state index contributed by atoms with van der Waals surface area (Å²) in [5.41, 5.74) is 0.482. The van der Waals surface area contributed by atoms with Crippen molar-refractivity contribution >= 4 is 5.96 Å². The molecule has 0 spiro atoms. The minimum absolute atomic E-state index is 0.482. The van der Waals surface area contributed by atoms with E-state index >= 15 is 0 Å². The number of rotatable bonds is 4. The van der Waals surface area contributed by atoms with E-state index in [1.54, 1.807) is 0 Å². The van der Waals surface area contributed by atoms with Crippen LogP contribution in [0.4, 0.5) is 0 Å². The lowest BCUT2D eigenvalue weighted by molar-refractivity contribution is 0.334. The first kappa shape index (κ1) is 13.3. The van der Waals surface area contributed by atoms with E-state index in [1.807, 2.05) is 7.05 Å². The molecule has 1 fully saturated rings. The first-order valence-corrected chi connectivity index (χ1v) is 6.50. The molecule has 0 aromatic carbocycles. The maximum atomic E-state index is 4.25. The summed E-state index contributed by atoms with van der Waals surface area (Å²) in [6.07, 6.45) is 5.47. The van der Waals surface area contributed by atoms with Crippen LogP contribution in [0.5, 0.6) is 0 Å². The number of hydrogen-bond donors (Lipinski definition) is 2. The van der Waals surface area contributed by atoms with Crippen molar-refractivity contribution in [3.8, 4) is 0 Å². The van der Waals surface area contributed by atoms with E-state index in [1.165, 1.54) is 25.7 Å². The molecule has 0 aromatic rings. The fourth-order valence-corrected chi connectivity index (χ4v) is 2.22. The average molecular weight is 225 g/mol. The zero-order chi connectivity index (χ0) is 12.0. The summed E-state index contributed by atoms with van der Waals surface area (Å²) in [5.74, 6) is 1.60. The third-order valence-electron chi connectivity index (χ3n) is 3.39. The molecule has 1 rings (SSSR count). The predicted octanol–water partition coefficient (Wildman–Crippen LogP) is 2.39. The Balaban J connectivity index is 2.28. The molecule has 0 saturated heterocycles. The summed E-state index contributed by atoms with van der Waals surface area (Å²) < 4.78 is 0. The monoisotopic (exact) mass is 225 g/mol. The topological polar surface area (TPSA) is 36.4 Å². The molecule has 1 aliphatic rings. The van der Waals surface area contributed by atoms with Gasteiger partial charge in [0.15, 0.2) is 5.96 Å². The van der Waals surface area contributed by atoms with Crippen LogP contribution in [0.3, 0.4) is 0 Å². The van der Waals surface area contributed by atoms with Crippen LogP contribution in [0, 0.1) is 11.3 Å². The molecule has 16 heavy (non-hydrogen) atoms. The van der Waals surface area contributed by atoms with Gasteiger partial charge in [-0.1, -0.05) is 33.6 Å². The maximum absolute atomic E-state index is 4.25. The molecule has 2 N–H and O–H groups in total. The van der Waals surface area contributed by atoms with Gasteiger partial charge in [-0.05, 0) is 24.2 Å². The molecular formula is C13H27N3. The number of nitrogens with one attached hydrogen (secondary N) is 2. The first-order chi connectivity index (χ1) is 7.56. The molecule has 94 valence electrons. The number of aliphatic imine (C=N–C) groups is 1. The van der Waals surface area contributed by atoms with Crippen molar-refractivity contribution in [2.45, 2.75) is 46.5 Å². The Morgan fingerprint density at radius 3 is 2.38 bits per heavy atom. The van der Waals surface area contributed by atoms with Crippen molar-refractivity contribution in [3.63, 3.8) is 0 Å². The van der Waals surface area contributed by atoms with E-state index in [0.717, 1.165) is 19.0 Å². The van der Waals surface area contributed by atoms with Gasteiger partial charge in [0.25, 0.3) is 0 Å². The average Bonchev–Trinajstić information content (AvgIpc) is 2.65. The van der Waals surface area contributed by atoms with Crippen molar-refractivity contribution < 1.29 is 0 Å². The van der Waals surface area contributed by atoms with Gasteiger partial charge in [0.2, 0.25) is 0 Å². The smallest absolute Gasteiger partial charge is 0.191 e. The maximum Gasteiger partial charge on any atom is 0.191 e. The zero-order valence-corrected chi connectivity index (χ0v) is 11.3. The lowest BCUT2D eigenvalue weighted by atomic mass is 9.89. The second-order valence-corrected chi connectivity index (χ2v) is 5.72. The van der Waals surface area contributed by atoms with Crippen LogP contribution >= 0.6 is 0 Å². The van der Waals surface area contributed by atoms with Crippen molar-refractivity contribution in [1.29, 1.82) is 0 Å². The summed E-state index contributed by atoms with van der Waals surface area (Å²) >= 11 is 0. The Labute approximate surface area is 100 Å². The number of hydrogen-bond acceptors (Lipinski definition) is 1. The molecule has 1 aliphatic carbocycles. The van der Waals surface area contributed by atoms with Gasteiger partial charge in [0.1, 0.15) is 0 Å². The molecule has 3 nitrogen and oxygen atoms in total. The highest BCUT2D eigenvalue weighted by Crippen LogP contribution is 2.36.